The second-order valence-electron chi connectivity index (χ2n) is 15.6. The third-order valence-electron chi connectivity index (χ3n) is 10.7. The fourth-order valence-corrected chi connectivity index (χ4v) is 9.35. The van der Waals surface area contributed by atoms with E-state index in [1.807, 2.05) is 35.7 Å². The van der Waals surface area contributed by atoms with Crippen LogP contribution in [0.15, 0.2) is 121 Å². The summed E-state index contributed by atoms with van der Waals surface area (Å²) in [5.74, 6) is 2.09. The topological polar surface area (TPSA) is 33.5 Å². The standard InChI is InChI=1S/C49H39N4OS.Pt/c1-30-22-31(2)48(32(3)23-30)52-29-51(41-15-8-9-16-42(41)52)34-12-11-13-35(25-34)54-36-18-19-37-39-27-40-38-14-7-10-17-45(38)55-46(40)28-44(39)53(43(37)26-36)47-24-33(20-21-50-47)49(4,5)6;/h7-24,27-29H,1-6H3;/q-3;. The first-order valence-corrected chi connectivity index (χ1v) is 19.5. The smallest absolute Gasteiger partial charge is 0.135 e. The van der Waals surface area contributed by atoms with E-state index in [1.165, 1.54) is 48.1 Å². The number of thiophene rings is 1. The number of rotatable bonds is 5. The predicted octanol–water partition coefficient (Wildman–Crippen LogP) is 13.6. The Morgan fingerprint density at radius 3 is 2.18 bits per heavy atom. The Morgan fingerprint density at radius 2 is 1.39 bits per heavy atom. The number of hydrogen-bond acceptors (Lipinski definition) is 5. The van der Waals surface area contributed by atoms with E-state index in [-0.39, 0.29) is 26.5 Å². The monoisotopic (exact) mass is 926 g/mol. The van der Waals surface area contributed by atoms with Crippen molar-refractivity contribution >= 4 is 76.1 Å². The van der Waals surface area contributed by atoms with Crippen molar-refractivity contribution in [2.45, 2.75) is 47.0 Å². The first-order valence-electron chi connectivity index (χ1n) is 18.7. The molecule has 0 amide bonds. The average molecular weight is 927 g/mol. The van der Waals surface area contributed by atoms with Crippen LogP contribution in [0.4, 0.5) is 22.7 Å². The summed E-state index contributed by atoms with van der Waals surface area (Å²) in [4.78, 5) is 9.41. The van der Waals surface area contributed by atoms with Gasteiger partial charge < -0.3 is 19.1 Å². The number of hydrogen-bond donors (Lipinski definition) is 0. The van der Waals surface area contributed by atoms with E-state index in [0.29, 0.717) is 11.5 Å². The van der Waals surface area contributed by atoms with Crippen LogP contribution in [0, 0.1) is 39.6 Å². The average Bonchev–Trinajstić information content (AvgIpc) is 3.82. The summed E-state index contributed by atoms with van der Waals surface area (Å²) < 4.78 is 11.4. The molecular weight excluding hydrogens is 888 g/mol. The number of anilines is 4. The summed E-state index contributed by atoms with van der Waals surface area (Å²) in [6, 6.07) is 48.1. The Balaban J connectivity index is 0.00000410. The fraction of sp³-hybridized carbons (Fsp3) is 0.143. The first kappa shape index (κ1) is 36.2. The molecule has 3 aromatic heterocycles. The Bertz CT molecular complexity index is 2970. The van der Waals surface area contributed by atoms with Crippen LogP contribution >= 0.6 is 11.3 Å². The van der Waals surface area contributed by atoms with Gasteiger partial charge in [0, 0.05) is 81.5 Å². The molecule has 1 aliphatic heterocycles. The summed E-state index contributed by atoms with van der Waals surface area (Å²) in [6.45, 7) is 15.4. The third-order valence-corrected chi connectivity index (χ3v) is 11.9. The van der Waals surface area contributed by atoms with Gasteiger partial charge in [0.15, 0.2) is 0 Å². The molecule has 0 bridgehead atoms. The summed E-state index contributed by atoms with van der Waals surface area (Å²) >= 11 is 1.83. The zero-order chi connectivity index (χ0) is 37.6. The van der Waals surface area contributed by atoms with E-state index in [1.54, 1.807) is 0 Å². The van der Waals surface area contributed by atoms with Crippen LogP contribution < -0.4 is 14.5 Å². The maximum Gasteiger partial charge on any atom is 0.135 e. The molecule has 10 rings (SSSR count). The number of benzene rings is 6. The van der Waals surface area contributed by atoms with Gasteiger partial charge in [-0.05, 0) is 84.7 Å². The zero-order valence-corrected chi connectivity index (χ0v) is 35.1. The second-order valence-corrected chi connectivity index (χ2v) is 16.7. The van der Waals surface area contributed by atoms with Crippen LogP contribution in [0.5, 0.6) is 11.5 Å². The molecule has 0 aliphatic carbocycles. The van der Waals surface area contributed by atoms with E-state index >= 15 is 0 Å². The van der Waals surface area contributed by atoms with Gasteiger partial charge in [0.05, 0.1) is 0 Å². The molecule has 0 saturated carbocycles. The van der Waals surface area contributed by atoms with Crippen molar-refractivity contribution in [3.63, 3.8) is 0 Å². The molecule has 0 saturated heterocycles. The van der Waals surface area contributed by atoms with Crippen molar-refractivity contribution in [1.82, 2.24) is 9.55 Å². The molecule has 7 heteroatoms. The maximum absolute atomic E-state index is 6.63. The van der Waals surface area contributed by atoms with Gasteiger partial charge in [-0.3, -0.25) is 0 Å². The number of pyridine rings is 1. The molecule has 0 fully saturated rings. The van der Waals surface area contributed by atoms with E-state index in [0.717, 1.165) is 44.7 Å². The Hall–Kier alpha value is -5.42. The van der Waals surface area contributed by atoms with Crippen LogP contribution in [-0.2, 0) is 26.5 Å². The summed E-state index contributed by atoms with van der Waals surface area (Å²) in [7, 11) is 0. The van der Waals surface area contributed by atoms with Crippen molar-refractivity contribution < 1.29 is 25.8 Å². The van der Waals surface area contributed by atoms with Crippen molar-refractivity contribution in [2.24, 2.45) is 0 Å². The van der Waals surface area contributed by atoms with E-state index in [2.05, 4.69) is 172 Å². The number of ether oxygens (including phenoxy) is 1. The molecule has 0 unspecified atom stereocenters. The van der Waals surface area contributed by atoms with Gasteiger partial charge in [0.2, 0.25) is 0 Å². The Morgan fingerprint density at radius 1 is 0.661 bits per heavy atom. The SMILES string of the molecule is Cc1cc(C)c(N2[CH-]N(c3[c-]c(Oc4[c-]c5c(cc4)c4cc6c(cc4n5-c4cc(C(C)(C)C)ccn4)sc4ccccc46)ccc3)c3ccccc32)c(C)c1.[Pt]. The van der Waals surface area contributed by atoms with Crippen molar-refractivity contribution in [1.29, 1.82) is 0 Å². The normalized spacial score (nSPS) is 12.9. The third kappa shape index (κ3) is 5.98. The van der Waals surface area contributed by atoms with E-state index in [4.69, 9.17) is 9.72 Å². The molecule has 0 radical (unpaired) electrons. The molecule has 0 spiro atoms. The fourth-order valence-electron chi connectivity index (χ4n) is 8.23. The number of fused-ring (bicyclic) bond motifs is 7. The van der Waals surface area contributed by atoms with Gasteiger partial charge in [-0.15, -0.1) is 59.4 Å². The molecule has 5 nitrogen and oxygen atoms in total. The van der Waals surface area contributed by atoms with Gasteiger partial charge in [-0.1, -0.05) is 80.4 Å². The maximum atomic E-state index is 6.63. The summed E-state index contributed by atoms with van der Waals surface area (Å²) in [6.07, 6.45) is 1.92. The summed E-state index contributed by atoms with van der Waals surface area (Å²) in [5, 5.41) is 4.81. The van der Waals surface area contributed by atoms with Crippen LogP contribution in [0.3, 0.4) is 0 Å². The van der Waals surface area contributed by atoms with E-state index in [9.17, 15) is 0 Å². The number of para-hydroxylation sites is 2. The molecule has 1 aliphatic rings. The van der Waals surface area contributed by atoms with Gasteiger partial charge in [-0.2, -0.15) is 12.1 Å². The molecular formula is C49H39N4OPtS-3. The largest absolute Gasteiger partial charge is 0.509 e. The molecule has 56 heavy (non-hydrogen) atoms. The van der Waals surface area contributed by atoms with Gasteiger partial charge in [-0.25, -0.2) is 4.98 Å². The number of nitrogens with zero attached hydrogens (tertiary/aromatic N) is 4. The van der Waals surface area contributed by atoms with Gasteiger partial charge in [0.1, 0.15) is 5.82 Å². The predicted molar refractivity (Wildman–Crippen MR) is 230 cm³/mol. The minimum absolute atomic E-state index is 0. The molecule has 4 heterocycles. The van der Waals surface area contributed by atoms with Crippen LogP contribution in [0.25, 0.3) is 47.8 Å². The van der Waals surface area contributed by atoms with Crippen LogP contribution in [0.1, 0.15) is 43.0 Å². The first-order chi connectivity index (χ1) is 26.6. The Labute approximate surface area is 346 Å². The van der Waals surface area contributed by atoms with Gasteiger partial charge in [0.25, 0.3) is 0 Å². The zero-order valence-electron chi connectivity index (χ0n) is 32.0. The van der Waals surface area contributed by atoms with Crippen molar-refractivity contribution in [3.8, 4) is 17.3 Å². The van der Waals surface area contributed by atoms with Gasteiger partial charge >= 0.3 is 0 Å². The van der Waals surface area contributed by atoms with Crippen molar-refractivity contribution in [2.75, 3.05) is 9.80 Å². The number of aryl methyl sites for hydroxylation is 3. The molecule has 9 aromatic rings. The quantitative estimate of drug-likeness (QED) is 0.161. The minimum Gasteiger partial charge on any atom is -0.509 e. The van der Waals surface area contributed by atoms with Crippen molar-refractivity contribution in [3.05, 3.63) is 163 Å². The minimum atomic E-state index is -0.0316. The molecule has 280 valence electrons. The molecule has 6 aromatic carbocycles. The summed E-state index contributed by atoms with van der Waals surface area (Å²) in [5.41, 5.74) is 11.3. The Kier molecular flexibility index (Phi) is 8.83. The van der Waals surface area contributed by atoms with Crippen LogP contribution in [-0.4, -0.2) is 9.55 Å². The van der Waals surface area contributed by atoms with E-state index < -0.39 is 0 Å². The second kappa shape index (κ2) is 13.7. The molecule has 0 atom stereocenters. The number of aromatic nitrogens is 2. The molecule has 0 N–H and O–H groups in total. The van der Waals surface area contributed by atoms with Crippen LogP contribution in [0.2, 0.25) is 0 Å².